The molecule has 17 heavy (non-hydrogen) atoms. The monoisotopic (exact) mass is 258 g/mol. The predicted molar refractivity (Wildman–Crippen MR) is 66.0 cm³/mol. The molecule has 0 bridgehead atoms. The summed E-state index contributed by atoms with van der Waals surface area (Å²) in [4.78, 5) is 0. The van der Waals surface area contributed by atoms with Crippen molar-refractivity contribution >= 4 is 11.6 Å². The third-order valence-electron chi connectivity index (χ3n) is 3.19. The third-order valence-corrected chi connectivity index (χ3v) is 3.48. The first-order chi connectivity index (χ1) is 8.24. The number of hydrogen-bond donors (Lipinski definition) is 1. The fraction of sp³-hybridized carbons (Fsp3) is 0.750. The number of halogens is 1. The van der Waals surface area contributed by atoms with Crippen LogP contribution < -0.4 is 0 Å². The van der Waals surface area contributed by atoms with E-state index in [2.05, 4.69) is 12.0 Å². The molecule has 1 aromatic rings. The molecule has 1 fully saturated rings. The van der Waals surface area contributed by atoms with E-state index in [1.54, 1.807) is 6.20 Å². The highest BCUT2D eigenvalue weighted by Gasteiger charge is 2.28. The number of ether oxygens (including phenoxy) is 1. The summed E-state index contributed by atoms with van der Waals surface area (Å²) in [7, 11) is 0. The molecule has 2 heterocycles. The van der Waals surface area contributed by atoms with Crippen molar-refractivity contribution in [3.8, 4) is 0 Å². The topological polar surface area (TPSA) is 47.3 Å². The molecule has 5 heteroatoms. The van der Waals surface area contributed by atoms with Crippen LogP contribution in [0.3, 0.4) is 0 Å². The summed E-state index contributed by atoms with van der Waals surface area (Å²) < 4.78 is 7.22. The Morgan fingerprint density at radius 2 is 2.53 bits per heavy atom. The molecule has 4 nitrogen and oxygen atoms in total. The molecular weight excluding hydrogens is 240 g/mol. The molecular formula is C12H19ClN2O2. The molecule has 2 rings (SSSR count). The second-order valence-electron chi connectivity index (χ2n) is 4.52. The van der Waals surface area contributed by atoms with Gasteiger partial charge in [-0.05, 0) is 19.3 Å². The van der Waals surface area contributed by atoms with Gasteiger partial charge in [-0.1, -0.05) is 18.5 Å². The number of aryl methyl sites for hydroxylation is 1. The van der Waals surface area contributed by atoms with Crippen LogP contribution in [0.15, 0.2) is 6.20 Å². The van der Waals surface area contributed by atoms with Gasteiger partial charge in [0, 0.05) is 19.1 Å². The molecule has 1 aromatic heterocycles. The van der Waals surface area contributed by atoms with Crippen molar-refractivity contribution in [1.29, 1.82) is 0 Å². The smallest absolute Gasteiger partial charge is 0.102 e. The number of hydrogen-bond acceptors (Lipinski definition) is 3. The zero-order valence-corrected chi connectivity index (χ0v) is 10.9. The molecule has 0 amide bonds. The van der Waals surface area contributed by atoms with Crippen molar-refractivity contribution < 1.29 is 9.84 Å². The summed E-state index contributed by atoms with van der Waals surface area (Å²) in [5.74, 6) is 0.133. The van der Waals surface area contributed by atoms with Gasteiger partial charge in [-0.15, -0.1) is 0 Å². The lowest BCUT2D eigenvalue weighted by molar-refractivity contribution is -0.0132. The first kappa shape index (κ1) is 12.9. The van der Waals surface area contributed by atoms with E-state index in [1.807, 2.05) is 4.68 Å². The fourth-order valence-corrected chi connectivity index (χ4v) is 2.55. The Morgan fingerprint density at radius 1 is 1.71 bits per heavy atom. The SMILES string of the molecule is CCCn1ncc(Cl)c1C(O)C1CCCOC1. The van der Waals surface area contributed by atoms with Crippen LogP contribution in [0, 0.1) is 5.92 Å². The molecule has 0 aliphatic carbocycles. The van der Waals surface area contributed by atoms with E-state index in [1.165, 1.54) is 0 Å². The van der Waals surface area contributed by atoms with Gasteiger partial charge in [-0.2, -0.15) is 5.10 Å². The van der Waals surface area contributed by atoms with E-state index in [0.717, 1.165) is 38.1 Å². The summed E-state index contributed by atoms with van der Waals surface area (Å²) in [5.41, 5.74) is 0.740. The Morgan fingerprint density at radius 3 is 3.18 bits per heavy atom. The zero-order chi connectivity index (χ0) is 12.3. The minimum atomic E-state index is -0.572. The number of nitrogens with zero attached hydrogens (tertiary/aromatic N) is 2. The van der Waals surface area contributed by atoms with E-state index >= 15 is 0 Å². The highest BCUT2D eigenvalue weighted by molar-refractivity contribution is 6.31. The van der Waals surface area contributed by atoms with Crippen molar-refractivity contribution in [1.82, 2.24) is 9.78 Å². The molecule has 2 unspecified atom stereocenters. The number of aliphatic hydroxyl groups excluding tert-OH is 1. The average Bonchev–Trinajstić information content (AvgIpc) is 2.71. The van der Waals surface area contributed by atoms with Gasteiger partial charge in [0.15, 0.2) is 0 Å². The van der Waals surface area contributed by atoms with Crippen LogP contribution in [0.4, 0.5) is 0 Å². The van der Waals surface area contributed by atoms with Crippen LogP contribution in [-0.2, 0) is 11.3 Å². The van der Waals surface area contributed by atoms with Crippen molar-refractivity contribution in [2.45, 2.75) is 38.8 Å². The number of aliphatic hydroxyl groups is 1. The molecule has 0 aromatic carbocycles. The Bertz CT molecular complexity index is 361. The molecule has 1 N–H and O–H groups in total. The highest BCUT2D eigenvalue weighted by Crippen LogP contribution is 2.32. The average molecular weight is 259 g/mol. The largest absolute Gasteiger partial charge is 0.386 e. The van der Waals surface area contributed by atoms with Crippen molar-refractivity contribution in [2.24, 2.45) is 5.92 Å². The summed E-state index contributed by atoms with van der Waals surface area (Å²) >= 11 is 6.11. The Labute approximate surface area is 107 Å². The van der Waals surface area contributed by atoms with Gasteiger partial charge >= 0.3 is 0 Å². The third kappa shape index (κ3) is 2.81. The summed E-state index contributed by atoms with van der Waals surface area (Å²) in [6, 6.07) is 0. The number of aromatic nitrogens is 2. The van der Waals surface area contributed by atoms with Crippen LogP contribution in [0.25, 0.3) is 0 Å². The molecule has 0 spiro atoms. The van der Waals surface area contributed by atoms with Gasteiger partial charge in [-0.25, -0.2) is 0 Å². The van der Waals surface area contributed by atoms with E-state index in [0.29, 0.717) is 11.6 Å². The molecule has 96 valence electrons. The van der Waals surface area contributed by atoms with Crippen LogP contribution in [0.2, 0.25) is 5.02 Å². The minimum Gasteiger partial charge on any atom is -0.386 e. The van der Waals surface area contributed by atoms with E-state index in [-0.39, 0.29) is 5.92 Å². The van der Waals surface area contributed by atoms with Crippen LogP contribution in [-0.4, -0.2) is 28.1 Å². The van der Waals surface area contributed by atoms with E-state index in [4.69, 9.17) is 16.3 Å². The highest BCUT2D eigenvalue weighted by atomic mass is 35.5. The molecule has 1 saturated heterocycles. The van der Waals surface area contributed by atoms with Gasteiger partial charge in [-0.3, -0.25) is 4.68 Å². The summed E-state index contributed by atoms with van der Waals surface area (Å²) in [6.45, 7) is 4.27. The van der Waals surface area contributed by atoms with Crippen LogP contribution in [0.1, 0.15) is 38.0 Å². The molecule has 0 saturated carbocycles. The van der Waals surface area contributed by atoms with Gasteiger partial charge in [0.2, 0.25) is 0 Å². The Balaban J connectivity index is 2.16. The summed E-state index contributed by atoms with van der Waals surface area (Å²) in [5, 5.41) is 15.2. The van der Waals surface area contributed by atoms with Crippen LogP contribution >= 0.6 is 11.6 Å². The standard InChI is InChI=1S/C12H19ClN2O2/c1-2-5-15-11(10(13)7-14-15)12(16)9-4-3-6-17-8-9/h7,9,12,16H,2-6,8H2,1H3. The first-order valence-electron chi connectivity index (χ1n) is 6.21. The van der Waals surface area contributed by atoms with Crippen LogP contribution in [0.5, 0.6) is 0 Å². The summed E-state index contributed by atoms with van der Waals surface area (Å²) in [6.07, 6.45) is 3.99. The molecule has 1 aliphatic rings. The lowest BCUT2D eigenvalue weighted by Gasteiger charge is -2.27. The quantitative estimate of drug-likeness (QED) is 0.902. The fourth-order valence-electron chi connectivity index (χ4n) is 2.29. The lowest BCUT2D eigenvalue weighted by Crippen LogP contribution is -2.25. The van der Waals surface area contributed by atoms with E-state index in [9.17, 15) is 5.11 Å². The van der Waals surface area contributed by atoms with Gasteiger partial charge < -0.3 is 9.84 Å². The second kappa shape index (κ2) is 5.85. The second-order valence-corrected chi connectivity index (χ2v) is 4.93. The molecule has 2 atom stereocenters. The van der Waals surface area contributed by atoms with Crippen molar-refractivity contribution in [3.63, 3.8) is 0 Å². The first-order valence-corrected chi connectivity index (χ1v) is 6.58. The number of rotatable bonds is 4. The van der Waals surface area contributed by atoms with Gasteiger partial charge in [0.05, 0.1) is 23.5 Å². The lowest BCUT2D eigenvalue weighted by atomic mass is 9.94. The van der Waals surface area contributed by atoms with E-state index < -0.39 is 6.10 Å². The van der Waals surface area contributed by atoms with Crippen molar-refractivity contribution in [2.75, 3.05) is 13.2 Å². The maximum atomic E-state index is 10.4. The van der Waals surface area contributed by atoms with Gasteiger partial charge in [0.1, 0.15) is 6.10 Å². The predicted octanol–water partition coefficient (Wildman–Crippen LogP) is 2.41. The zero-order valence-electron chi connectivity index (χ0n) is 10.1. The van der Waals surface area contributed by atoms with Gasteiger partial charge in [0.25, 0.3) is 0 Å². The minimum absolute atomic E-state index is 0.133. The molecule has 0 radical (unpaired) electrons. The molecule has 1 aliphatic heterocycles. The normalized spacial score (nSPS) is 22.6. The maximum absolute atomic E-state index is 10.4. The van der Waals surface area contributed by atoms with Crippen molar-refractivity contribution in [3.05, 3.63) is 16.9 Å². The Kier molecular flexibility index (Phi) is 4.42. The maximum Gasteiger partial charge on any atom is 0.102 e. The Hall–Kier alpha value is -0.580.